The Morgan fingerprint density at radius 1 is 1.24 bits per heavy atom. The zero-order valence-electron chi connectivity index (χ0n) is 14.2. The van der Waals surface area contributed by atoms with Crippen LogP contribution in [0.1, 0.15) is 37.7 Å². The normalized spacial score (nSPS) is 24.0. The standard InChI is InChI=1S/C19H22FN3O2/c20-16-4-1-2-5-17(16)23-14-15(12-21-23)13-22-10-9-19(7-3-11-25-19)8-6-18(22)24/h1-2,4-5,12,14H,3,6-11,13H2. The third-order valence-electron chi connectivity index (χ3n) is 5.28. The van der Waals surface area contributed by atoms with Crippen molar-refractivity contribution >= 4 is 5.91 Å². The minimum atomic E-state index is -0.316. The van der Waals surface area contributed by atoms with Crippen LogP contribution in [0.5, 0.6) is 0 Å². The number of hydrogen-bond acceptors (Lipinski definition) is 3. The Morgan fingerprint density at radius 3 is 2.92 bits per heavy atom. The molecule has 1 spiro atoms. The lowest BCUT2D eigenvalue weighted by Gasteiger charge is -2.26. The minimum absolute atomic E-state index is 0.0955. The van der Waals surface area contributed by atoms with Crippen molar-refractivity contribution in [1.82, 2.24) is 14.7 Å². The van der Waals surface area contributed by atoms with Crippen molar-refractivity contribution in [3.8, 4) is 5.69 Å². The summed E-state index contributed by atoms with van der Waals surface area (Å²) in [6.45, 7) is 2.01. The van der Waals surface area contributed by atoms with E-state index in [0.717, 1.165) is 37.9 Å². The first-order valence-corrected chi connectivity index (χ1v) is 8.85. The van der Waals surface area contributed by atoms with Crippen LogP contribution in [0.15, 0.2) is 36.7 Å². The molecule has 4 rings (SSSR count). The molecule has 0 aliphatic carbocycles. The summed E-state index contributed by atoms with van der Waals surface area (Å²) in [6.07, 6.45) is 7.87. The van der Waals surface area contributed by atoms with E-state index in [4.69, 9.17) is 4.74 Å². The van der Waals surface area contributed by atoms with Gasteiger partial charge in [0.1, 0.15) is 11.5 Å². The summed E-state index contributed by atoms with van der Waals surface area (Å²) in [7, 11) is 0. The van der Waals surface area contributed by atoms with E-state index in [2.05, 4.69) is 5.10 Å². The molecule has 2 fully saturated rings. The molecular weight excluding hydrogens is 321 g/mol. The number of carbonyl (C=O) groups is 1. The van der Waals surface area contributed by atoms with E-state index in [9.17, 15) is 9.18 Å². The van der Waals surface area contributed by atoms with Crippen LogP contribution in [0.2, 0.25) is 0 Å². The topological polar surface area (TPSA) is 47.4 Å². The SMILES string of the molecule is O=C1CCC2(CCCO2)CCN1Cc1cnn(-c2ccccc2F)c1. The van der Waals surface area contributed by atoms with Crippen LogP contribution in [0.25, 0.3) is 5.69 Å². The monoisotopic (exact) mass is 343 g/mol. The van der Waals surface area contributed by atoms with Crippen molar-refractivity contribution < 1.29 is 13.9 Å². The third kappa shape index (κ3) is 3.31. The van der Waals surface area contributed by atoms with E-state index in [1.165, 1.54) is 10.7 Å². The fourth-order valence-electron chi connectivity index (χ4n) is 3.83. The molecule has 2 aliphatic heterocycles. The predicted molar refractivity (Wildman–Crippen MR) is 90.7 cm³/mol. The van der Waals surface area contributed by atoms with Crippen molar-refractivity contribution in [1.29, 1.82) is 0 Å². The van der Waals surface area contributed by atoms with Gasteiger partial charge in [-0.25, -0.2) is 9.07 Å². The number of carbonyl (C=O) groups excluding carboxylic acids is 1. The van der Waals surface area contributed by atoms with Gasteiger partial charge in [0.15, 0.2) is 0 Å². The highest BCUT2D eigenvalue weighted by molar-refractivity contribution is 5.76. The van der Waals surface area contributed by atoms with Crippen molar-refractivity contribution in [3.63, 3.8) is 0 Å². The fourth-order valence-corrected chi connectivity index (χ4v) is 3.83. The van der Waals surface area contributed by atoms with Gasteiger partial charge in [-0.15, -0.1) is 0 Å². The summed E-state index contributed by atoms with van der Waals surface area (Å²) in [5, 5.41) is 4.25. The number of likely N-dealkylation sites (tertiary alicyclic amines) is 1. The molecule has 2 saturated heterocycles. The first-order chi connectivity index (χ1) is 12.2. The molecular formula is C19H22FN3O2. The Labute approximate surface area is 146 Å². The zero-order chi connectivity index (χ0) is 17.3. The summed E-state index contributed by atoms with van der Waals surface area (Å²) >= 11 is 0. The van der Waals surface area contributed by atoms with Crippen molar-refractivity contribution in [3.05, 3.63) is 48.0 Å². The molecule has 0 bridgehead atoms. The van der Waals surface area contributed by atoms with Crippen LogP contribution in [0, 0.1) is 5.82 Å². The number of hydrogen-bond donors (Lipinski definition) is 0. The Morgan fingerprint density at radius 2 is 2.12 bits per heavy atom. The van der Waals surface area contributed by atoms with E-state index in [1.807, 2.05) is 4.90 Å². The second-order valence-corrected chi connectivity index (χ2v) is 6.94. The second kappa shape index (κ2) is 6.59. The zero-order valence-corrected chi connectivity index (χ0v) is 14.2. The maximum absolute atomic E-state index is 13.9. The van der Waals surface area contributed by atoms with E-state index >= 15 is 0 Å². The molecule has 5 nitrogen and oxygen atoms in total. The van der Waals surface area contributed by atoms with Crippen molar-refractivity contribution in [2.75, 3.05) is 13.2 Å². The van der Waals surface area contributed by atoms with Crippen LogP contribution >= 0.6 is 0 Å². The molecule has 6 heteroatoms. The highest BCUT2D eigenvalue weighted by Gasteiger charge is 2.38. The number of aromatic nitrogens is 2. The molecule has 0 N–H and O–H groups in total. The molecule has 2 aliphatic rings. The summed E-state index contributed by atoms with van der Waals surface area (Å²) in [5.41, 5.74) is 1.22. The van der Waals surface area contributed by atoms with Crippen LogP contribution in [-0.4, -0.2) is 39.3 Å². The lowest BCUT2D eigenvalue weighted by atomic mass is 9.92. The van der Waals surface area contributed by atoms with Crippen LogP contribution < -0.4 is 0 Å². The molecule has 0 saturated carbocycles. The Hall–Kier alpha value is -2.21. The molecule has 25 heavy (non-hydrogen) atoms. The molecule has 1 aromatic carbocycles. The summed E-state index contributed by atoms with van der Waals surface area (Å²) < 4.78 is 21.4. The number of rotatable bonds is 3. The van der Waals surface area contributed by atoms with Gasteiger partial charge < -0.3 is 9.64 Å². The van der Waals surface area contributed by atoms with Crippen molar-refractivity contribution in [2.24, 2.45) is 0 Å². The van der Waals surface area contributed by atoms with E-state index in [-0.39, 0.29) is 17.3 Å². The lowest BCUT2D eigenvalue weighted by molar-refractivity contribution is -0.131. The predicted octanol–water partition coefficient (Wildman–Crippen LogP) is 3.07. The number of halogens is 1. The van der Waals surface area contributed by atoms with Crippen LogP contribution in [-0.2, 0) is 16.1 Å². The van der Waals surface area contributed by atoms with Gasteiger partial charge in [0.05, 0.1) is 11.8 Å². The maximum atomic E-state index is 13.9. The van der Waals surface area contributed by atoms with Crippen molar-refractivity contribution in [2.45, 2.75) is 44.2 Å². The third-order valence-corrected chi connectivity index (χ3v) is 5.28. The first-order valence-electron chi connectivity index (χ1n) is 8.85. The highest BCUT2D eigenvalue weighted by Crippen LogP contribution is 2.36. The Balaban J connectivity index is 1.47. The molecule has 1 unspecified atom stereocenters. The molecule has 1 atom stereocenters. The Kier molecular flexibility index (Phi) is 4.29. The van der Waals surface area contributed by atoms with Gasteiger partial charge in [0, 0.05) is 37.9 Å². The smallest absolute Gasteiger partial charge is 0.222 e. The largest absolute Gasteiger partial charge is 0.375 e. The lowest BCUT2D eigenvalue weighted by Crippen LogP contribution is -2.31. The molecule has 3 heterocycles. The van der Waals surface area contributed by atoms with Gasteiger partial charge in [0.25, 0.3) is 0 Å². The van der Waals surface area contributed by atoms with Crippen LogP contribution in [0.4, 0.5) is 4.39 Å². The number of benzene rings is 1. The fraction of sp³-hybridized carbons (Fsp3) is 0.474. The van der Waals surface area contributed by atoms with Gasteiger partial charge in [-0.2, -0.15) is 5.10 Å². The minimum Gasteiger partial charge on any atom is -0.375 e. The average Bonchev–Trinajstić information content (AvgIpc) is 3.24. The number of nitrogens with zero attached hydrogens (tertiary/aromatic N) is 3. The first kappa shape index (κ1) is 16.3. The van der Waals surface area contributed by atoms with Gasteiger partial charge in [-0.1, -0.05) is 12.1 Å². The van der Waals surface area contributed by atoms with Gasteiger partial charge >= 0.3 is 0 Å². The van der Waals surface area contributed by atoms with Gasteiger partial charge in [-0.05, 0) is 37.8 Å². The average molecular weight is 343 g/mol. The molecule has 0 radical (unpaired) electrons. The summed E-state index contributed by atoms with van der Waals surface area (Å²) in [4.78, 5) is 14.3. The highest BCUT2D eigenvalue weighted by atomic mass is 19.1. The summed E-state index contributed by atoms with van der Waals surface area (Å²) in [5.74, 6) is -0.158. The number of ether oxygens (including phenoxy) is 1. The van der Waals surface area contributed by atoms with Gasteiger partial charge in [-0.3, -0.25) is 4.79 Å². The van der Waals surface area contributed by atoms with Gasteiger partial charge in [0.2, 0.25) is 5.91 Å². The summed E-state index contributed by atoms with van der Waals surface area (Å²) in [6, 6.07) is 6.53. The molecule has 1 aromatic heterocycles. The number of amides is 1. The molecule has 2 aromatic rings. The van der Waals surface area contributed by atoms with Crippen LogP contribution in [0.3, 0.4) is 0 Å². The van der Waals surface area contributed by atoms with E-state index in [1.54, 1.807) is 30.6 Å². The molecule has 1 amide bonds. The van der Waals surface area contributed by atoms with E-state index < -0.39 is 0 Å². The Bertz CT molecular complexity index is 768. The second-order valence-electron chi connectivity index (χ2n) is 6.94. The number of para-hydroxylation sites is 1. The molecule has 132 valence electrons. The quantitative estimate of drug-likeness (QED) is 0.860. The van der Waals surface area contributed by atoms with E-state index in [0.29, 0.717) is 25.2 Å². The maximum Gasteiger partial charge on any atom is 0.222 e.